The normalized spacial score (nSPS) is 9.88. The Morgan fingerprint density at radius 3 is 2.76 bits per heavy atom. The summed E-state index contributed by atoms with van der Waals surface area (Å²) >= 11 is 0. The van der Waals surface area contributed by atoms with Crippen molar-refractivity contribution in [3.8, 4) is 5.75 Å². The fourth-order valence-corrected chi connectivity index (χ4v) is 1.31. The molecule has 0 aliphatic carbocycles. The molecule has 0 unspecified atom stereocenters. The molecule has 0 fully saturated rings. The first-order valence-corrected chi connectivity index (χ1v) is 5.35. The van der Waals surface area contributed by atoms with Crippen LogP contribution < -0.4 is 15.8 Å². The van der Waals surface area contributed by atoms with Crippen LogP contribution in [-0.2, 0) is 0 Å². The van der Waals surface area contributed by atoms with Crippen LogP contribution in [0, 0.1) is 0 Å². The topological polar surface area (TPSA) is 73.1 Å². The molecule has 88 valence electrons. The van der Waals surface area contributed by atoms with Gasteiger partial charge in [-0.2, -0.15) is 4.98 Å². The lowest BCUT2D eigenvalue weighted by Crippen LogP contribution is -2.13. The molecule has 5 heteroatoms. The SMILES string of the molecule is Nc1ccnc(NCCOc2ccccc2)n1. The van der Waals surface area contributed by atoms with Crippen LogP contribution in [0.3, 0.4) is 0 Å². The molecule has 0 aliphatic rings. The lowest BCUT2D eigenvalue weighted by Gasteiger charge is -2.07. The fraction of sp³-hybridized carbons (Fsp3) is 0.167. The second-order valence-electron chi connectivity index (χ2n) is 3.39. The van der Waals surface area contributed by atoms with E-state index in [0.29, 0.717) is 24.9 Å². The third-order valence-electron chi connectivity index (χ3n) is 2.07. The zero-order valence-corrected chi connectivity index (χ0v) is 9.34. The van der Waals surface area contributed by atoms with Gasteiger partial charge in [0.1, 0.15) is 18.2 Å². The van der Waals surface area contributed by atoms with Gasteiger partial charge in [0.2, 0.25) is 5.95 Å². The van der Waals surface area contributed by atoms with Crippen molar-refractivity contribution in [2.45, 2.75) is 0 Å². The number of ether oxygens (including phenoxy) is 1. The highest BCUT2D eigenvalue weighted by molar-refractivity contribution is 5.34. The number of benzene rings is 1. The maximum absolute atomic E-state index is 5.53. The van der Waals surface area contributed by atoms with E-state index < -0.39 is 0 Å². The first-order chi connectivity index (χ1) is 8.34. The lowest BCUT2D eigenvalue weighted by molar-refractivity contribution is 0.332. The summed E-state index contributed by atoms with van der Waals surface area (Å²) < 4.78 is 5.51. The summed E-state index contributed by atoms with van der Waals surface area (Å²) in [7, 11) is 0. The maximum atomic E-state index is 5.53. The number of anilines is 2. The van der Waals surface area contributed by atoms with Gasteiger partial charge in [-0.15, -0.1) is 0 Å². The Morgan fingerprint density at radius 1 is 1.18 bits per heavy atom. The minimum atomic E-state index is 0.450. The minimum absolute atomic E-state index is 0.450. The van der Waals surface area contributed by atoms with Gasteiger partial charge in [-0.25, -0.2) is 4.98 Å². The van der Waals surface area contributed by atoms with Crippen molar-refractivity contribution in [3.63, 3.8) is 0 Å². The average Bonchev–Trinajstić information content (AvgIpc) is 2.36. The maximum Gasteiger partial charge on any atom is 0.224 e. The molecule has 1 aromatic carbocycles. The Hall–Kier alpha value is -2.30. The van der Waals surface area contributed by atoms with Gasteiger partial charge in [0.05, 0.1) is 6.54 Å². The van der Waals surface area contributed by atoms with Crippen LogP contribution in [0.2, 0.25) is 0 Å². The summed E-state index contributed by atoms with van der Waals surface area (Å²) in [6, 6.07) is 11.3. The Bertz CT molecular complexity index is 461. The van der Waals surface area contributed by atoms with Crippen molar-refractivity contribution in [1.29, 1.82) is 0 Å². The molecule has 3 N–H and O–H groups in total. The molecule has 2 rings (SSSR count). The number of hydrogen-bond acceptors (Lipinski definition) is 5. The number of nitrogens with one attached hydrogen (secondary N) is 1. The van der Waals surface area contributed by atoms with E-state index in [0.717, 1.165) is 5.75 Å². The molecule has 0 saturated carbocycles. The summed E-state index contributed by atoms with van der Waals surface area (Å²) in [5, 5.41) is 3.03. The predicted octanol–water partition coefficient (Wildman–Crippen LogP) is 1.55. The van der Waals surface area contributed by atoms with Crippen LogP contribution in [0.15, 0.2) is 42.6 Å². The van der Waals surface area contributed by atoms with E-state index in [-0.39, 0.29) is 0 Å². The zero-order valence-electron chi connectivity index (χ0n) is 9.34. The monoisotopic (exact) mass is 230 g/mol. The molecule has 0 radical (unpaired) electrons. The number of hydrogen-bond donors (Lipinski definition) is 2. The van der Waals surface area contributed by atoms with Gasteiger partial charge in [-0.3, -0.25) is 0 Å². The summed E-state index contributed by atoms with van der Waals surface area (Å²) in [5.41, 5.74) is 5.53. The summed E-state index contributed by atoms with van der Waals surface area (Å²) in [4.78, 5) is 8.04. The Labute approximate surface area is 99.7 Å². The van der Waals surface area contributed by atoms with Gasteiger partial charge in [0.15, 0.2) is 0 Å². The van der Waals surface area contributed by atoms with Gasteiger partial charge in [-0.1, -0.05) is 18.2 Å². The minimum Gasteiger partial charge on any atom is -0.492 e. The Balaban J connectivity index is 1.73. The zero-order chi connectivity index (χ0) is 11.9. The summed E-state index contributed by atoms with van der Waals surface area (Å²) in [6.45, 7) is 1.17. The first kappa shape index (κ1) is 11.2. The van der Waals surface area contributed by atoms with Gasteiger partial charge in [0, 0.05) is 6.20 Å². The highest BCUT2D eigenvalue weighted by Crippen LogP contribution is 2.07. The number of para-hydroxylation sites is 1. The molecule has 17 heavy (non-hydrogen) atoms. The van der Waals surface area contributed by atoms with Gasteiger partial charge >= 0.3 is 0 Å². The van der Waals surface area contributed by atoms with E-state index >= 15 is 0 Å². The molecule has 1 aromatic heterocycles. The third-order valence-corrected chi connectivity index (χ3v) is 2.07. The van der Waals surface area contributed by atoms with Crippen molar-refractivity contribution in [2.75, 3.05) is 24.2 Å². The molecule has 0 aliphatic heterocycles. The molecule has 0 saturated heterocycles. The number of aromatic nitrogens is 2. The van der Waals surface area contributed by atoms with Crippen molar-refractivity contribution >= 4 is 11.8 Å². The first-order valence-electron chi connectivity index (χ1n) is 5.35. The Kier molecular flexibility index (Phi) is 3.75. The van der Waals surface area contributed by atoms with Gasteiger partial charge in [0.25, 0.3) is 0 Å². The van der Waals surface area contributed by atoms with Crippen LogP contribution in [0.25, 0.3) is 0 Å². The van der Waals surface area contributed by atoms with Crippen molar-refractivity contribution in [1.82, 2.24) is 9.97 Å². The second-order valence-corrected chi connectivity index (χ2v) is 3.39. The fourth-order valence-electron chi connectivity index (χ4n) is 1.31. The number of nitrogens with two attached hydrogens (primary N) is 1. The third kappa shape index (κ3) is 3.64. The highest BCUT2D eigenvalue weighted by Gasteiger charge is 1.96. The molecule has 5 nitrogen and oxygen atoms in total. The van der Waals surface area contributed by atoms with Crippen LogP contribution in [0.1, 0.15) is 0 Å². The lowest BCUT2D eigenvalue weighted by atomic mass is 10.3. The quantitative estimate of drug-likeness (QED) is 0.762. The van der Waals surface area contributed by atoms with Crippen LogP contribution in [0.5, 0.6) is 5.75 Å². The molecule has 0 spiro atoms. The van der Waals surface area contributed by atoms with Crippen molar-refractivity contribution in [2.24, 2.45) is 0 Å². The van der Waals surface area contributed by atoms with Crippen molar-refractivity contribution < 1.29 is 4.74 Å². The van der Waals surface area contributed by atoms with E-state index in [9.17, 15) is 0 Å². The number of rotatable bonds is 5. The van der Waals surface area contributed by atoms with E-state index in [1.54, 1.807) is 12.3 Å². The predicted molar refractivity (Wildman–Crippen MR) is 66.9 cm³/mol. The largest absolute Gasteiger partial charge is 0.492 e. The van der Waals surface area contributed by atoms with E-state index in [1.165, 1.54) is 0 Å². The molecule has 0 amide bonds. The standard InChI is InChI=1S/C12H14N4O/c13-11-6-7-14-12(16-11)15-8-9-17-10-4-2-1-3-5-10/h1-7H,8-9H2,(H3,13,14,15,16). The van der Waals surface area contributed by atoms with Crippen molar-refractivity contribution in [3.05, 3.63) is 42.6 Å². The summed E-state index contributed by atoms with van der Waals surface area (Å²) in [6.07, 6.45) is 1.61. The molecular weight excluding hydrogens is 216 g/mol. The van der Waals surface area contributed by atoms with E-state index in [2.05, 4.69) is 15.3 Å². The number of nitrogen functional groups attached to an aromatic ring is 1. The highest BCUT2D eigenvalue weighted by atomic mass is 16.5. The van der Waals surface area contributed by atoms with Crippen LogP contribution in [-0.4, -0.2) is 23.1 Å². The molecule has 1 heterocycles. The van der Waals surface area contributed by atoms with Crippen LogP contribution >= 0.6 is 0 Å². The van der Waals surface area contributed by atoms with Gasteiger partial charge < -0.3 is 15.8 Å². The van der Waals surface area contributed by atoms with E-state index in [1.807, 2.05) is 30.3 Å². The Morgan fingerprint density at radius 2 is 2.00 bits per heavy atom. The number of nitrogens with zero attached hydrogens (tertiary/aromatic N) is 2. The smallest absolute Gasteiger partial charge is 0.224 e. The van der Waals surface area contributed by atoms with Crippen LogP contribution in [0.4, 0.5) is 11.8 Å². The summed E-state index contributed by atoms with van der Waals surface area (Å²) in [5.74, 6) is 1.82. The molecule has 2 aromatic rings. The molecular formula is C12H14N4O. The second kappa shape index (κ2) is 5.69. The van der Waals surface area contributed by atoms with Gasteiger partial charge in [-0.05, 0) is 18.2 Å². The molecule has 0 atom stereocenters. The van der Waals surface area contributed by atoms with E-state index in [4.69, 9.17) is 10.5 Å². The molecule has 0 bridgehead atoms. The average molecular weight is 230 g/mol.